The zero-order chi connectivity index (χ0) is 14.5. The molecule has 0 radical (unpaired) electrons. The number of hydrogen-bond acceptors (Lipinski definition) is 5. The summed E-state index contributed by atoms with van der Waals surface area (Å²) in [5.74, 6) is 0.272. The molecule has 1 heterocycles. The van der Waals surface area contributed by atoms with E-state index in [1.807, 2.05) is 0 Å². The van der Waals surface area contributed by atoms with Crippen LogP contribution in [0, 0.1) is 0 Å². The van der Waals surface area contributed by atoms with E-state index in [4.69, 9.17) is 4.74 Å². The second-order valence-electron chi connectivity index (χ2n) is 5.25. The van der Waals surface area contributed by atoms with Crippen molar-refractivity contribution in [1.29, 1.82) is 0 Å². The standard InChI is InChI=1S/C15H23N3O2/c1-4-20-15(19)13-6-5-9-16-14(13)17-10-11(2)18(3)12-7-8-12/h5-6,9,11-12H,4,7-8,10H2,1-3H3,(H,16,17). The molecule has 0 aromatic carbocycles. The number of anilines is 1. The zero-order valence-corrected chi connectivity index (χ0v) is 12.4. The van der Waals surface area contributed by atoms with Crippen molar-refractivity contribution in [1.82, 2.24) is 9.88 Å². The Hall–Kier alpha value is -1.62. The predicted octanol–water partition coefficient (Wildman–Crippen LogP) is 2.15. The fraction of sp³-hybridized carbons (Fsp3) is 0.600. The molecule has 0 aliphatic heterocycles. The minimum absolute atomic E-state index is 0.327. The third-order valence-corrected chi connectivity index (χ3v) is 3.69. The fourth-order valence-electron chi connectivity index (χ4n) is 2.15. The lowest BCUT2D eigenvalue weighted by Crippen LogP contribution is -2.36. The van der Waals surface area contributed by atoms with Crippen LogP contribution in [0.4, 0.5) is 5.82 Å². The van der Waals surface area contributed by atoms with Crippen LogP contribution in [0.1, 0.15) is 37.0 Å². The van der Waals surface area contributed by atoms with E-state index in [0.717, 1.165) is 12.6 Å². The number of aromatic nitrogens is 1. The maximum Gasteiger partial charge on any atom is 0.341 e. The van der Waals surface area contributed by atoms with Crippen LogP contribution < -0.4 is 5.32 Å². The van der Waals surface area contributed by atoms with Gasteiger partial charge in [0.05, 0.1) is 6.61 Å². The lowest BCUT2D eigenvalue weighted by Gasteiger charge is -2.25. The summed E-state index contributed by atoms with van der Waals surface area (Å²) in [5.41, 5.74) is 0.496. The van der Waals surface area contributed by atoms with Gasteiger partial charge < -0.3 is 10.1 Å². The number of carbonyl (C=O) groups is 1. The second kappa shape index (κ2) is 6.70. The number of pyridine rings is 1. The van der Waals surface area contributed by atoms with Crippen molar-refractivity contribution < 1.29 is 9.53 Å². The largest absolute Gasteiger partial charge is 0.462 e. The normalized spacial score (nSPS) is 16.0. The summed E-state index contributed by atoms with van der Waals surface area (Å²) in [4.78, 5) is 18.5. The van der Waals surface area contributed by atoms with Crippen molar-refractivity contribution >= 4 is 11.8 Å². The Balaban J connectivity index is 1.96. The number of nitrogens with one attached hydrogen (secondary N) is 1. The third-order valence-electron chi connectivity index (χ3n) is 3.69. The molecule has 2 rings (SSSR count). The van der Waals surface area contributed by atoms with E-state index >= 15 is 0 Å². The van der Waals surface area contributed by atoms with E-state index in [2.05, 4.69) is 29.2 Å². The summed E-state index contributed by atoms with van der Waals surface area (Å²) in [5, 5.41) is 3.26. The third kappa shape index (κ3) is 3.70. The highest BCUT2D eigenvalue weighted by Crippen LogP contribution is 2.27. The SMILES string of the molecule is CCOC(=O)c1cccnc1NCC(C)N(C)C1CC1. The lowest BCUT2D eigenvalue weighted by molar-refractivity contribution is 0.0527. The molecule has 1 fully saturated rings. The molecule has 1 N–H and O–H groups in total. The quantitative estimate of drug-likeness (QED) is 0.774. The van der Waals surface area contributed by atoms with E-state index in [1.54, 1.807) is 25.3 Å². The molecule has 20 heavy (non-hydrogen) atoms. The van der Waals surface area contributed by atoms with Gasteiger partial charge in [0, 0.05) is 24.8 Å². The Morgan fingerprint density at radius 2 is 2.35 bits per heavy atom. The first-order chi connectivity index (χ1) is 9.63. The Morgan fingerprint density at radius 3 is 3.00 bits per heavy atom. The number of carbonyl (C=O) groups excluding carboxylic acids is 1. The van der Waals surface area contributed by atoms with Gasteiger partial charge in [-0.3, -0.25) is 4.90 Å². The molecule has 5 nitrogen and oxygen atoms in total. The maximum atomic E-state index is 11.8. The van der Waals surface area contributed by atoms with Gasteiger partial charge in [0.25, 0.3) is 0 Å². The van der Waals surface area contributed by atoms with Crippen molar-refractivity contribution in [3.63, 3.8) is 0 Å². The van der Waals surface area contributed by atoms with Crippen LogP contribution in [0.3, 0.4) is 0 Å². The van der Waals surface area contributed by atoms with Crippen molar-refractivity contribution in [2.75, 3.05) is 25.5 Å². The number of esters is 1. The molecule has 1 aromatic heterocycles. The summed E-state index contributed by atoms with van der Waals surface area (Å²) >= 11 is 0. The molecule has 0 spiro atoms. The smallest absolute Gasteiger partial charge is 0.341 e. The van der Waals surface area contributed by atoms with Gasteiger partial charge >= 0.3 is 5.97 Å². The molecular formula is C15H23N3O2. The summed E-state index contributed by atoms with van der Waals surface area (Å²) in [6.07, 6.45) is 4.26. The Morgan fingerprint density at radius 1 is 1.60 bits per heavy atom. The van der Waals surface area contributed by atoms with Crippen molar-refractivity contribution in [3.8, 4) is 0 Å². The van der Waals surface area contributed by atoms with E-state index in [-0.39, 0.29) is 5.97 Å². The van der Waals surface area contributed by atoms with Gasteiger partial charge in [-0.05, 0) is 45.9 Å². The van der Waals surface area contributed by atoms with Crippen LogP contribution in [-0.2, 0) is 4.74 Å². The van der Waals surface area contributed by atoms with Crippen molar-refractivity contribution in [2.45, 2.75) is 38.8 Å². The molecule has 1 atom stereocenters. The Kier molecular flexibility index (Phi) is 4.95. The molecule has 5 heteroatoms. The monoisotopic (exact) mass is 277 g/mol. The van der Waals surface area contributed by atoms with Gasteiger partial charge in [-0.15, -0.1) is 0 Å². The van der Waals surface area contributed by atoms with Crippen LogP contribution >= 0.6 is 0 Å². The highest BCUT2D eigenvalue weighted by molar-refractivity contribution is 5.94. The van der Waals surface area contributed by atoms with Crippen LogP contribution in [0.15, 0.2) is 18.3 Å². The molecule has 1 unspecified atom stereocenters. The molecule has 0 bridgehead atoms. The fourth-order valence-corrected chi connectivity index (χ4v) is 2.15. The summed E-state index contributed by atoms with van der Waals surface area (Å²) in [6.45, 7) is 5.11. The molecule has 1 aliphatic rings. The van der Waals surface area contributed by atoms with E-state index in [9.17, 15) is 4.79 Å². The minimum atomic E-state index is -0.327. The molecule has 1 aliphatic carbocycles. The number of rotatable bonds is 7. The van der Waals surface area contributed by atoms with E-state index in [1.165, 1.54) is 12.8 Å². The molecule has 0 amide bonds. The Labute approximate surface area is 120 Å². The summed E-state index contributed by atoms with van der Waals surface area (Å²) in [6, 6.07) is 4.61. The molecule has 0 saturated heterocycles. The number of hydrogen-bond donors (Lipinski definition) is 1. The van der Waals surface area contributed by atoms with Crippen LogP contribution in [0.2, 0.25) is 0 Å². The number of likely N-dealkylation sites (N-methyl/N-ethyl adjacent to an activating group) is 1. The molecule has 1 aromatic rings. The average Bonchev–Trinajstić information content (AvgIpc) is 3.29. The van der Waals surface area contributed by atoms with E-state index < -0.39 is 0 Å². The predicted molar refractivity (Wildman–Crippen MR) is 78.9 cm³/mol. The van der Waals surface area contributed by atoms with Crippen LogP contribution in [-0.4, -0.2) is 48.1 Å². The van der Waals surface area contributed by atoms with Gasteiger partial charge in [-0.2, -0.15) is 0 Å². The van der Waals surface area contributed by atoms with E-state index in [0.29, 0.717) is 24.0 Å². The summed E-state index contributed by atoms with van der Waals surface area (Å²) < 4.78 is 5.04. The number of ether oxygens (including phenoxy) is 1. The lowest BCUT2D eigenvalue weighted by atomic mass is 10.2. The molecular weight excluding hydrogens is 254 g/mol. The topological polar surface area (TPSA) is 54.5 Å². The second-order valence-corrected chi connectivity index (χ2v) is 5.25. The molecule has 1 saturated carbocycles. The highest BCUT2D eigenvalue weighted by Gasteiger charge is 2.29. The highest BCUT2D eigenvalue weighted by atomic mass is 16.5. The first-order valence-corrected chi connectivity index (χ1v) is 7.21. The van der Waals surface area contributed by atoms with Gasteiger partial charge in [0.15, 0.2) is 0 Å². The first-order valence-electron chi connectivity index (χ1n) is 7.21. The van der Waals surface area contributed by atoms with Crippen LogP contribution in [0.5, 0.6) is 0 Å². The maximum absolute atomic E-state index is 11.8. The van der Waals surface area contributed by atoms with Gasteiger partial charge in [-0.1, -0.05) is 0 Å². The van der Waals surface area contributed by atoms with Crippen molar-refractivity contribution in [3.05, 3.63) is 23.9 Å². The Bertz CT molecular complexity index is 460. The minimum Gasteiger partial charge on any atom is -0.462 e. The van der Waals surface area contributed by atoms with Gasteiger partial charge in [0.1, 0.15) is 11.4 Å². The zero-order valence-electron chi connectivity index (χ0n) is 12.4. The van der Waals surface area contributed by atoms with Crippen molar-refractivity contribution in [2.24, 2.45) is 0 Å². The van der Waals surface area contributed by atoms with Gasteiger partial charge in [0.2, 0.25) is 0 Å². The average molecular weight is 277 g/mol. The summed E-state index contributed by atoms with van der Waals surface area (Å²) in [7, 11) is 2.15. The van der Waals surface area contributed by atoms with Crippen LogP contribution in [0.25, 0.3) is 0 Å². The van der Waals surface area contributed by atoms with Gasteiger partial charge in [-0.25, -0.2) is 9.78 Å². The number of nitrogens with zero attached hydrogens (tertiary/aromatic N) is 2. The molecule has 110 valence electrons. The first kappa shape index (κ1) is 14.8.